The predicted octanol–water partition coefficient (Wildman–Crippen LogP) is 5.53. The number of Topliss-reactive ketones (excluding diaryl/α,β-unsaturated/α-hetero) is 6. The lowest BCUT2D eigenvalue weighted by molar-refractivity contribution is -0.123. The number of nitrogens with one attached hydrogen (secondary N) is 2. The van der Waals surface area contributed by atoms with Crippen LogP contribution in [0.2, 0.25) is 0 Å². The summed E-state index contributed by atoms with van der Waals surface area (Å²) in [6.45, 7) is 16.9. The largest absolute Gasteiger partial charge is 0.444 e. The number of benzene rings is 2. The fourth-order valence-corrected chi connectivity index (χ4v) is 7.78. The van der Waals surface area contributed by atoms with Crippen molar-refractivity contribution < 1.29 is 56.2 Å². The normalized spacial score (nSPS) is 18.2. The smallest absolute Gasteiger partial charge is 0.408 e. The van der Waals surface area contributed by atoms with Gasteiger partial charge in [-0.3, -0.25) is 28.8 Å². The van der Waals surface area contributed by atoms with Crippen LogP contribution in [0, 0.1) is 23.7 Å². The number of ketones is 6. The van der Waals surface area contributed by atoms with E-state index >= 15 is 0 Å². The zero-order chi connectivity index (χ0) is 41.5. The van der Waals surface area contributed by atoms with Crippen molar-refractivity contribution in [1.82, 2.24) is 10.6 Å². The maximum atomic E-state index is 13.9. The molecule has 15 heteroatoms. The number of alkyl carbamates (subject to hydrolysis) is 2. The highest BCUT2D eigenvalue weighted by Crippen LogP contribution is 2.35. The summed E-state index contributed by atoms with van der Waals surface area (Å²) in [5.74, 6) is -9.20. The molecule has 14 nitrogen and oxygen atoms in total. The molecule has 0 saturated carbocycles. The third-order valence-electron chi connectivity index (χ3n) is 8.77. The zero-order valence-corrected chi connectivity index (χ0v) is 33.5. The Morgan fingerprint density at radius 2 is 0.891 bits per heavy atom. The zero-order valence-electron chi connectivity index (χ0n) is 32.6. The molecule has 0 fully saturated rings. The van der Waals surface area contributed by atoms with Crippen LogP contribution in [0.4, 0.5) is 9.59 Å². The van der Waals surface area contributed by atoms with Gasteiger partial charge in [-0.05, 0) is 103 Å². The van der Waals surface area contributed by atoms with E-state index < -0.39 is 102 Å². The first-order chi connectivity index (χ1) is 25.2. The molecule has 4 rings (SSSR count). The predicted molar refractivity (Wildman–Crippen MR) is 198 cm³/mol. The molecular formula is C40H48N2O12S. The van der Waals surface area contributed by atoms with Crippen molar-refractivity contribution >= 4 is 56.7 Å². The number of carbonyl (C=O) groups excluding carboxylic acids is 8. The Morgan fingerprint density at radius 1 is 0.582 bits per heavy atom. The first-order valence-electron chi connectivity index (χ1n) is 18.0. The van der Waals surface area contributed by atoms with Crippen molar-refractivity contribution in [2.45, 2.75) is 115 Å². The van der Waals surface area contributed by atoms with E-state index in [0.717, 1.165) is 36.4 Å². The Balaban J connectivity index is 1.62. The number of rotatable bonds is 12. The van der Waals surface area contributed by atoms with Crippen LogP contribution in [-0.2, 0) is 28.9 Å². The molecule has 2 aliphatic rings. The van der Waals surface area contributed by atoms with Crippen LogP contribution < -0.4 is 10.6 Å². The van der Waals surface area contributed by atoms with Gasteiger partial charge < -0.3 is 20.1 Å². The molecule has 0 radical (unpaired) electrons. The number of amides is 2. The van der Waals surface area contributed by atoms with Gasteiger partial charge >= 0.3 is 12.2 Å². The molecule has 0 heterocycles. The lowest BCUT2D eigenvalue weighted by Crippen LogP contribution is -2.48. The fraction of sp³-hybridized carbons (Fsp3) is 0.500. The van der Waals surface area contributed by atoms with Gasteiger partial charge in [-0.1, -0.05) is 27.7 Å². The van der Waals surface area contributed by atoms with Crippen molar-refractivity contribution in [3.8, 4) is 0 Å². The Morgan fingerprint density at radius 3 is 1.18 bits per heavy atom. The van der Waals surface area contributed by atoms with E-state index in [2.05, 4.69) is 10.6 Å². The molecule has 2 aromatic rings. The third kappa shape index (κ3) is 9.43. The fourth-order valence-electron chi connectivity index (χ4n) is 6.47. The Bertz CT molecular complexity index is 1940. The summed E-state index contributed by atoms with van der Waals surface area (Å²) in [5, 5.41) is 4.93. The summed E-state index contributed by atoms with van der Waals surface area (Å²) < 4.78 is 38.4. The van der Waals surface area contributed by atoms with Crippen LogP contribution in [0.5, 0.6) is 0 Å². The number of hydrogen-bond donors (Lipinski definition) is 2. The molecule has 0 bridgehead atoms. The van der Waals surface area contributed by atoms with Gasteiger partial charge in [-0.2, -0.15) is 0 Å². The van der Waals surface area contributed by atoms with E-state index in [4.69, 9.17) is 9.47 Å². The second-order valence-corrected chi connectivity index (χ2v) is 18.7. The van der Waals surface area contributed by atoms with E-state index in [1.165, 1.54) is 0 Å². The second kappa shape index (κ2) is 15.6. The minimum Gasteiger partial charge on any atom is -0.444 e. The molecular weight excluding hydrogens is 733 g/mol. The van der Waals surface area contributed by atoms with Gasteiger partial charge in [0.1, 0.15) is 23.0 Å². The number of hydrogen-bond acceptors (Lipinski definition) is 12. The molecule has 0 saturated heterocycles. The molecule has 2 amide bonds. The average molecular weight is 781 g/mol. The summed E-state index contributed by atoms with van der Waals surface area (Å²) in [6, 6.07) is 3.87. The Labute approximate surface area is 320 Å². The van der Waals surface area contributed by atoms with Crippen molar-refractivity contribution in [1.29, 1.82) is 0 Å². The van der Waals surface area contributed by atoms with Crippen LogP contribution in [0.25, 0.3) is 0 Å². The van der Waals surface area contributed by atoms with E-state index in [9.17, 15) is 46.8 Å². The number of fused-ring (bicyclic) bond motifs is 2. The standard InChI is InChI=1S/C40H48N2O12S/c1-19(2)15-27(41-37(49)53-39(5,6)7)35(47)29-31(43)23-13-11-21(17-25(23)33(29)45)55(51,52)22-12-14-24-26(18-22)34(46)30(32(24)44)36(48)28(16-20(3)4)42-38(50)54-40(8,9)10/h11-14,17-20,27-30H,15-16H2,1-10H3,(H,41,49)(H,42,50)/t27-,28-,29?,30?/m1/s1. The molecule has 55 heavy (non-hydrogen) atoms. The maximum absolute atomic E-state index is 13.9. The van der Waals surface area contributed by atoms with Crippen molar-refractivity contribution in [3.63, 3.8) is 0 Å². The molecule has 0 aromatic heterocycles. The van der Waals surface area contributed by atoms with E-state index in [1.54, 1.807) is 69.2 Å². The first kappa shape index (κ1) is 42.7. The van der Waals surface area contributed by atoms with Crippen LogP contribution in [0.15, 0.2) is 46.2 Å². The molecule has 0 spiro atoms. The minimum absolute atomic E-state index is 0.0930. The van der Waals surface area contributed by atoms with Gasteiger partial charge in [0.2, 0.25) is 9.84 Å². The first-order valence-corrected chi connectivity index (χ1v) is 19.5. The number of sulfone groups is 1. The highest BCUT2D eigenvalue weighted by Gasteiger charge is 2.48. The van der Waals surface area contributed by atoms with E-state index in [1.807, 2.05) is 0 Å². The summed E-state index contributed by atoms with van der Waals surface area (Å²) in [6.07, 6.45) is -1.63. The highest BCUT2D eigenvalue weighted by atomic mass is 32.2. The van der Waals surface area contributed by atoms with E-state index in [-0.39, 0.29) is 46.9 Å². The average Bonchev–Trinajstić information content (AvgIpc) is 3.44. The highest BCUT2D eigenvalue weighted by molar-refractivity contribution is 7.91. The monoisotopic (exact) mass is 780 g/mol. The molecule has 4 atom stereocenters. The molecule has 296 valence electrons. The van der Waals surface area contributed by atoms with Crippen LogP contribution in [0.3, 0.4) is 0 Å². The number of carbonyl (C=O) groups is 8. The summed E-state index contributed by atoms with van der Waals surface area (Å²) >= 11 is 0. The van der Waals surface area contributed by atoms with Crippen molar-refractivity contribution in [2.75, 3.05) is 0 Å². The van der Waals surface area contributed by atoms with Gasteiger partial charge in [-0.25, -0.2) is 18.0 Å². The molecule has 0 aliphatic heterocycles. The van der Waals surface area contributed by atoms with Gasteiger partial charge in [0, 0.05) is 22.3 Å². The molecule has 2 aliphatic carbocycles. The number of ether oxygens (including phenoxy) is 2. The Hall–Kier alpha value is -5.05. The van der Waals surface area contributed by atoms with Crippen molar-refractivity contribution in [3.05, 3.63) is 58.7 Å². The van der Waals surface area contributed by atoms with Crippen molar-refractivity contribution in [2.24, 2.45) is 23.7 Å². The maximum Gasteiger partial charge on any atom is 0.408 e. The summed E-state index contributed by atoms with van der Waals surface area (Å²) in [5.41, 5.74) is -2.73. The van der Waals surface area contributed by atoms with Gasteiger partial charge in [-0.15, -0.1) is 0 Å². The van der Waals surface area contributed by atoms with Gasteiger partial charge in [0.25, 0.3) is 0 Å². The summed E-state index contributed by atoms with van der Waals surface area (Å²) in [4.78, 5) is 106. The van der Waals surface area contributed by atoms with Crippen LogP contribution in [-0.4, -0.2) is 78.6 Å². The molecule has 2 N–H and O–H groups in total. The minimum atomic E-state index is -4.51. The summed E-state index contributed by atoms with van der Waals surface area (Å²) in [7, 11) is -4.51. The SMILES string of the molecule is CC(C)C[C@@H](NC(=O)OC(C)(C)C)C(=O)C1C(=O)c2ccc(S(=O)(=O)c3ccc4c(c3)C(=O)C(C(=O)[C@@H](CC(C)C)NC(=O)OC(C)(C)C)C4=O)cc2C1=O. The van der Waals surface area contributed by atoms with E-state index in [0.29, 0.717) is 0 Å². The molecule has 2 aromatic carbocycles. The van der Waals surface area contributed by atoms with Crippen LogP contribution in [0.1, 0.15) is 124 Å². The van der Waals surface area contributed by atoms with Gasteiger partial charge in [0.15, 0.2) is 34.7 Å². The lowest BCUT2D eigenvalue weighted by atomic mass is 9.89. The van der Waals surface area contributed by atoms with Crippen LogP contribution >= 0.6 is 0 Å². The quantitative estimate of drug-likeness (QED) is 0.255. The molecule has 2 unspecified atom stereocenters. The van der Waals surface area contributed by atoms with Gasteiger partial charge in [0.05, 0.1) is 21.9 Å². The second-order valence-electron chi connectivity index (χ2n) is 16.7. The third-order valence-corrected chi connectivity index (χ3v) is 10.5. The lowest BCUT2D eigenvalue weighted by Gasteiger charge is -2.25. The Kier molecular flexibility index (Phi) is 12.1. The topological polar surface area (TPSA) is 213 Å².